The van der Waals surface area contributed by atoms with Gasteiger partial charge in [0, 0.05) is 13.0 Å². The molecule has 0 saturated carbocycles. The first-order valence-corrected chi connectivity index (χ1v) is 20.4. The Morgan fingerprint density at radius 3 is 1.93 bits per heavy atom. The first-order valence-electron chi connectivity index (χ1n) is 20.4. The lowest BCUT2D eigenvalue weighted by Gasteiger charge is -2.46. The average Bonchev–Trinajstić information content (AvgIpc) is 3.21. The van der Waals surface area contributed by atoms with Crippen LogP contribution in [0.15, 0.2) is 0 Å². The third-order valence-corrected chi connectivity index (χ3v) is 11.5. The summed E-state index contributed by atoms with van der Waals surface area (Å²) in [5.74, 6) is 0.522. The predicted molar refractivity (Wildman–Crippen MR) is 198 cm³/mol. The topological polar surface area (TPSA) is 333 Å². The van der Waals surface area contributed by atoms with Crippen LogP contribution < -0.4 is 11.1 Å². The van der Waals surface area contributed by atoms with Crippen LogP contribution in [0.3, 0.4) is 0 Å². The number of Topliss-reactive ketones (excluding diaryl/α,β-unsaturated/α-hetero) is 2. The van der Waals surface area contributed by atoms with E-state index in [1.165, 1.54) is 6.92 Å². The second-order valence-electron chi connectivity index (χ2n) is 15.8. The summed E-state index contributed by atoms with van der Waals surface area (Å²) in [6.45, 7) is 2.26. The Kier molecular flexibility index (Phi) is 20.6. The van der Waals surface area contributed by atoms with Crippen molar-refractivity contribution >= 4 is 11.6 Å². The lowest BCUT2D eigenvalue weighted by Crippen LogP contribution is -2.65. The Morgan fingerprint density at radius 1 is 0.741 bits per heavy atom. The van der Waals surface area contributed by atoms with E-state index in [1.807, 2.05) is 0 Å². The van der Waals surface area contributed by atoms with Crippen molar-refractivity contribution in [3.63, 3.8) is 0 Å². The summed E-state index contributed by atoms with van der Waals surface area (Å²) < 4.78 is 34.0. The summed E-state index contributed by atoms with van der Waals surface area (Å²) in [7, 11) is 0. The molecule has 0 aliphatic carbocycles. The standard InChI is InChI=1S/C37H67N3O18/c1-19(43)22(7-2-3-10-38)39-15-21(44)6-4-5-20-8-11-40(12-9-20)13-14-53-36-33(52)34(58-37-32(51)30(49)27(46)24(17-42)56-37)28(47)25(57-36)18-54-35-31(50)29(48)26(45)23(16-41)55-35/h20,22-37,39,41-42,45-52H,2-18,38H2,1H3/t22-,23+,24+,25+,26+,27+,28+,29-,30-,31-,32-,33-,34-,35-,36+,37+/m0/s1. The minimum absolute atomic E-state index is 0.0113. The fourth-order valence-electron chi connectivity index (χ4n) is 7.72. The lowest BCUT2D eigenvalue weighted by atomic mass is 9.91. The predicted octanol–water partition coefficient (Wildman–Crippen LogP) is -5.42. The molecular formula is C37H67N3O18. The van der Waals surface area contributed by atoms with E-state index < -0.39 is 112 Å². The van der Waals surface area contributed by atoms with Gasteiger partial charge in [-0.25, -0.2) is 0 Å². The maximum Gasteiger partial charge on any atom is 0.187 e. The smallest absolute Gasteiger partial charge is 0.187 e. The second kappa shape index (κ2) is 24.3. The van der Waals surface area contributed by atoms with Gasteiger partial charge >= 0.3 is 0 Å². The average molecular weight is 842 g/mol. The monoisotopic (exact) mass is 841 g/mol. The second-order valence-corrected chi connectivity index (χ2v) is 15.8. The van der Waals surface area contributed by atoms with E-state index >= 15 is 0 Å². The largest absolute Gasteiger partial charge is 0.394 e. The third-order valence-electron chi connectivity index (χ3n) is 11.5. The van der Waals surface area contributed by atoms with E-state index in [0.717, 1.165) is 51.6 Å². The summed E-state index contributed by atoms with van der Waals surface area (Å²) in [4.78, 5) is 26.6. The maximum atomic E-state index is 12.5. The summed E-state index contributed by atoms with van der Waals surface area (Å²) in [5, 5.41) is 107. The molecule has 58 heavy (non-hydrogen) atoms. The molecule has 0 bridgehead atoms. The van der Waals surface area contributed by atoms with Gasteiger partial charge in [0.25, 0.3) is 0 Å². The van der Waals surface area contributed by atoms with E-state index in [0.29, 0.717) is 31.8 Å². The van der Waals surface area contributed by atoms with Crippen LogP contribution in [-0.2, 0) is 38.0 Å². The fourth-order valence-corrected chi connectivity index (χ4v) is 7.72. The molecule has 4 heterocycles. The van der Waals surface area contributed by atoms with Crippen LogP contribution in [0.2, 0.25) is 0 Å². The number of aliphatic hydroxyl groups excluding tert-OH is 10. The molecule has 4 rings (SSSR count). The van der Waals surface area contributed by atoms with Crippen molar-refractivity contribution in [3.8, 4) is 0 Å². The van der Waals surface area contributed by atoms with Gasteiger partial charge in [-0.15, -0.1) is 0 Å². The number of ether oxygens (including phenoxy) is 6. The van der Waals surface area contributed by atoms with Gasteiger partial charge in [-0.3, -0.25) is 9.59 Å². The minimum atomic E-state index is -1.86. The molecule has 4 saturated heterocycles. The SMILES string of the molecule is CC(=O)[C@H](CCCCN)NCC(=O)CCCC1CCN(CCO[C@@H]2O[C@H](CO[C@H]3O[C@H](CO)[C@@H](O)[C@H](O)[C@@H]3O)[C@@H](O)[C@H](O[C@H]3O[C@H](CO)[C@@H](O)[C@H](O)[C@@H]3O)[C@@H]2O)CC1. The van der Waals surface area contributed by atoms with Gasteiger partial charge in [-0.2, -0.15) is 0 Å². The van der Waals surface area contributed by atoms with Crippen LogP contribution >= 0.6 is 0 Å². The van der Waals surface area contributed by atoms with Crippen molar-refractivity contribution in [2.75, 3.05) is 59.2 Å². The Hall–Kier alpha value is -1.42. The zero-order chi connectivity index (χ0) is 42.5. The highest BCUT2D eigenvalue weighted by molar-refractivity contribution is 5.84. The Morgan fingerprint density at radius 2 is 1.33 bits per heavy atom. The molecule has 4 aliphatic rings. The molecule has 338 valence electrons. The molecule has 16 atom stereocenters. The Bertz CT molecular complexity index is 1220. The van der Waals surface area contributed by atoms with Gasteiger partial charge in [-0.1, -0.05) is 6.42 Å². The summed E-state index contributed by atoms with van der Waals surface area (Å²) in [5.41, 5.74) is 5.54. The molecule has 0 unspecified atom stereocenters. The molecule has 0 amide bonds. The number of rotatable bonds is 23. The molecule has 21 heteroatoms. The van der Waals surface area contributed by atoms with Crippen molar-refractivity contribution in [1.29, 1.82) is 0 Å². The number of aliphatic hydroxyl groups is 10. The van der Waals surface area contributed by atoms with Crippen LogP contribution in [0.4, 0.5) is 0 Å². The number of likely N-dealkylation sites (tertiary alicyclic amines) is 1. The van der Waals surface area contributed by atoms with E-state index in [4.69, 9.17) is 34.2 Å². The molecule has 4 fully saturated rings. The van der Waals surface area contributed by atoms with Gasteiger partial charge in [0.05, 0.1) is 39.0 Å². The number of piperidine rings is 1. The zero-order valence-electron chi connectivity index (χ0n) is 33.1. The van der Waals surface area contributed by atoms with Crippen LogP contribution in [0, 0.1) is 5.92 Å². The van der Waals surface area contributed by atoms with Crippen molar-refractivity contribution < 1.29 is 89.1 Å². The highest BCUT2D eigenvalue weighted by Gasteiger charge is 2.52. The molecule has 0 radical (unpaired) electrons. The molecule has 0 aromatic carbocycles. The number of unbranched alkanes of at least 4 members (excludes halogenated alkanes) is 1. The van der Waals surface area contributed by atoms with Crippen molar-refractivity contribution in [3.05, 3.63) is 0 Å². The first-order chi connectivity index (χ1) is 27.7. The third kappa shape index (κ3) is 13.5. The minimum Gasteiger partial charge on any atom is -0.394 e. The van der Waals surface area contributed by atoms with E-state index in [9.17, 15) is 60.7 Å². The van der Waals surface area contributed by atoms with Gasteiger partial charge in [0.2, 0.25) is 0 Å². The highest BCUT2D eigenvalue weighted by atomic mass is 16.7. The van der Waals surface area contributed by atoms with Crippen molar-refractivity contribution in [2.24, 2.45) is 11.7 Å². The maximum absolute atomic E-state index is 12.5. The molecule has 21 nitrogen and oxygen atoms in total. The number of hydrogen-bond donors (Lipinski definition) is 12. The highest BCUT2D eigenvalue weighted by Crippen LogP contribution is 2.31. The molecule has 13 N–H and O–H groups in total. The van der Waals surface area contributed by atoms with E-state index in [-0.39, 0.29) is 30.8 Å². The fraction of sp³-hybridized carbons (Fsp3) is 0.946. The van der Waals surface area contributed by atoms with Gasteiger partial charge in [-0.05, 0) is 71.0 Å². The molecule has 0 aromatic heterocycles. The summed E-state index contributed by atoms with van der Waals surface area (Å²) in [6.07, 6.45) is -18.1. The van der Waals surface area contributed by atoms with Gasteiger partial charge in [0.1, 0.15) is 84.8 Å². The number of nitrogens with two attached hydrogens (primary N) is 1. The number of nitrogens with zero attached hydrogens (tertiary/aromatic N) is 1. The van der Waals surface area contributed by atoms with Crippen LogP contribution in [0.5, 0.6) is 0 Å². The Balaban J connectivity index is 1.27. The Labute approximate surface area is 337 Å². The first kappa shape index (κ1) is 49.2. The number of carbonyl (C=O) groups excluding carboxylic acids is 2. The molecule has 0 spiro atoms. The van der Waals surface area contributed by atoms with Gasteiger partial charge in [0.15, 0.2) is 18.9 Å². The van der Waals surface area contributed by atoms with Crippen LogP contribution in [0.25, 0.3) is 0 Å². The summed E-state index contributed by atoms with van der Waals surface area (Å²) >= 11 is 0. The number of ketones is 2. The number of hydrogen-bond acceptors (Lipinski definition) is 21. The zero-order valence-corrected chi connectivity index (χ0v) is 33.1. The van der Waals surface area contributed by atoms with Crippen LogP contribution in [0.1, 0.15) is 58.3 Å². The normalized spacial score (nSPS) is 38.4. The van der Waals surface area contributed by atoms with E-state index in [2.05, 4.69) is 10.2 Å². The molecule has 0 aromatic rings. The van der Waals surface area contributed by atoms with Crippen LogP contribution in [-0.4, -0.2) is 225 Å². The van der Waals surface area contributed by atoms with Crippen molar-refractivity contribution in [2.45, 2.75) is 156 Å². The number of carbonyl (C=O) groups is 2. The quantitative estimate of drug-likeness (QED) is 0.0427. The number of nitrogens with one attached hydrogen (secondary N) is 1. The molecular weight excluding hydrogens is 774 g/mol. The van der Waals surface area contributed by atoms with E-state index in [1.54, 1.807) is 0 Å². The van der Waals surface area contributed by atoms with Gasteiger partial charge < -0.3 is 95.4 Å². The summed E-state index contributed by atoms with van der Waals surface area (Å²) in [6, 6.07) is -0.338. The lowest BCUT2D eigenvalue weighted by molar-refractivity contribution is -0.366. The van der Waals surface area contributed by atoms with Crippen molar-refractivity contribution in [1.82, 2.24) is 10.2 Å². The molecule has 4 aliphatic heterocycles.